The van der Waals surface area contributed by atoms with Gasteiger partial charge in [-0.05, 0) is 81.0 Å². The summed E-state index contributed by atoms with van der Waals surface area (Å²) >= 11 is 0. The number of hydrogen-bond donors (Lipinski definition) is 1. The Labute approximate surface area is 140 Å². The molecule has 1 N–H and O–H groups in total. The predicted molar refractivity (Wildman–Crippen MR) is 88.9 cm³/mol. The largest absolute Gasteiger partial charge is 0.387 e. The molecule has 0 saturated heterocycles. The Morgan fingerprint density at radius 1 is 1.09 bits per heavy atom. The molecule has 4 saturated carbocycles. The van der Waals surface area contributed by atoms with E-state index < -0.39 is 5.60 Å². The molecular weight excluding hydrogens is 288 g/mol. The van der Waals surface area contributed by atoms with E-state index in [1.54, 1.807) is 7.11 Å². The van der Waals surface area contributed by atoms with Gasteiger partial charge in [-0.3, -0.25) is 4.79 Å². The van der Waals surface area contributed by atoms with E-state index in [9.17, 15) is 9.90 Å². The van der Waals surface area contributed by atoms with Crippen LogP contribution in [-0.2, 0) is 9.53 Å². The van der Waals surface area contributed by atoms with Gasteiger partial charge >= 0.3 is 0 Å². The van der Waals surface area contributed by atoms with E-state index in [1.165, 1.54) is 19.3 Å². The van der Waals surface area contributed by atoms with Gasteiger partial charge in [0.2, 0.25) is 0 Å². The number of rotatable bonds is 2. The summed E-state index contributed by atoms with van der Waals surface area (Å²) in [6, 6.07) is 0. The summed E-state index contributed by atoms with van der Waals surface area (Å²) in [5.74, 6) is 4.23. The molecule has 1 unspecified atom stereocenters. The first-order valence-electron chi connectivity index (χ1n) is 9.71. The van der Waals surface area contributed by atoms with Gasteiger partial charge in [0.15, 0.2) is 0 Å². The summed E-state index contributed by atoms with van der Waals surface area (Å²) in [6.45, 7) is 2.74. The molecule has 23 heavy (non-hydrogen) atoms. The van der Waals surface area contributed by atoms with Gasteiger partial charge in [0, 0.05) is 18.9 Å². The molecule has 4 aliphatic carbocycles. The number of hydrogen-bond acceptors (Lipinski definition) is 3. The predicted octanol–water partition coefficient (Wildman–Crippen LogP) is 3.59. The number of methoxy groups -OCH3 is 1. The monoisotopic (exact) mass is 320 g/mol. The quantitative estimate of drug-likeness (QED) is 0.846. The molecule has 0 aromatic rings. The van der Waals surface area contributed by atoms with E-state index >= 15 is 0 Å². The Hall–Kier alpha value is -0.410. The summed E-state index contributed by atoms with van der Waals surface area (Å²) in [6.07, 6.45) is 9.83. The molecule has 7 atom stereocenters. The van der Waals surface area contributed by atoms with Crippen LogP contribution in [0.1, 0.15) is 64.7 Å². The topological polar surface area (TPSA) is 46.5 Å². The van der Waals surface area contributed by atoms with E-state index in [4.69, 9.17) is 4.74 Å². The molecule has 0 bridgehead atoms. The first kappa shape index (κ1) is 16.1. The van der Waals surface area contributed by atoms with Crippen molar-refractivity contribution in [1.82, 2.24) is 0 Å². The van der Waals surface area contributed by atoms with Crippen molar-refractivity contribution in [3.63, 3.8) is 0 Å². The third-order valence-corrected chi connectivity index (χ3v) is 8.23. The van der Waals surface area contributed by atoms with E-state index in [0.29, 0.717) is 24.2 Å². The maximum atomic E-state index is 12.4. The van der Waals surface area contributed by atoms with Crippen molar-refractivity contribution in [3.05, 3.63) is 0 Å². The summed E-state index contributed by atoms with van der Waals surface area (Å²) in [7, 11) is 1.69. The summed E-state index contributed by atoms with van der Waals surface area (Å²) in [5, 5.41) is 10.8. The van der Waals surface area contributed by atoms with Crippen molar-refractivity contribution in [2.75, 3.05) is 13.7 Å². The minimum Gasteiger partial charge on any atom is -0.387 e. The third-order valence-electron chi connectivity index (χ3n) is 8.23. The molecule has 0 spiro atoms. The Bertz CT molecular complexity index is 489. The number of fused-ring (bicyclic) bond motifs is 5. The number of ether oxygens (including phenoxy) is 1. The molecule has 4 rings (SSSR count). The highest BCUT2D eigenvalue weighted by Crippen LogP contribution is 2.61. The fourth-order valence-corrected chi connectivity index (χ4v) is 7.13. The molecule has 0 aromatic carbocycles. The van der Waals surface area contributed by atoms with Crippen molar-refractivity contribution in [3.8, 4) is 0 Å². The van der Waals surface area contributed by atoms with Crippen molar-refractivity contribution < 1.29 is 14.6 Å². The lowest BCUT2D eigenvalue weighted by molar-refractivity contribution is -0.138. The highest BCUT2D eigenvalue weighted by molar-refractivity contribution is 5.87. The van der Waals surface area contributed by atoms with Crippen molar-refractivity contribution in [2.45, 2.75) is 70.3 Å². The third kappa shape index (κ3) is 2.41. The molecular formula is C20H32O3. The van der Waals surface area contributed by atoms with Crippen LogP contribution >= 0.6 is 0 Å². The molecule has 4 fully saturated rings. The molecule has 0 radical (unpaired) electrons. The second kappa shape index (κ2) is 5.56. The second-order valence-electron chi connectivity index (χ2n) is 9.25. The van der Waals surface area contributed by atoms with Crippen molar-refractivity contribution in [2.24, 2.45) is 35.0 Å². The first-order chi connectivity index (χ1) is 11.0. The van der Waals surface area contributed by atoms with Crippen LogP contribution in [0.3, 0.4) is 0 Å². The fraction of sp³-hybridized carbons (Fsp3) is 0.950. The average Bonchev–Trinajstić information content (AvgIpc) is 2.82. The number of aliphatic hydroxyl groups is 1. The molecule has 0 aliphatic heterocycles. The van der Waals surface area contributed by atoms with Crippen LogP contribution in [0, 0.1) is 35.0 Å². The first-order valence-corrected chi connectivity index (χ1v) is 9.71. The van der Waals surface area contributed by atoms with Gasteiger partial charge in [-0.2, -0.15) is 0 Å². The maximum absolute atomic E-state index is 12.4. The van der Waals surface area contributed by atoms with Gasteiger partial charge in [0.25, 0.3) is 0 Å². The van der Waals surface area contributed by atoms with Gasteiger partial charge in [-0.25, -0.2) is 0 Å². The van der Waals surface area contributed by atoms with Crippen LogP contribution in [0.5, 0.6) is 0 Å². The standard InChI is InChI=1S/C20H32O3/c1-19-9-7-15-14-8-10-20(22,12-23-2)11-13(14)3-4-16(15)17(19)5-6-18(19)21/h13-17,22H,3-12H2,1-2H3/t13-,14?,15+,16+,17-,19-,20+/m0/s1. The van der Waals surface area contributed by atoms with Gasteiger partial charge in [-0.15, -0.1) is 0 Å². The van der Waals surface area contributed by atoms with Crippen LogP contribution < -0.4 is 0 Å². The van der Waals surface area contributed by atoms with Crippen LogP contribution in [-0.4, -0.2) is 30.2 Å². The molecule has 3 nitrogen and oxygen atoms in total. The van der Waals surface area contributed by atoms with Crippen LogP contribution in [0.2, 0.25) is 0 Å². The average molecular weight is 320 g/mol. The van der Waals surface area contributed by atoms with Gasteiger partial charge in [-0.1, -0.05) is 6.92 Å². The van der Waals surface area contributed by atoms with Gasteiger partial charge in [0.05, 0.1) is 12.2 Å². The normalized spacial score (nSPS) is 52.7. The Morgan fingerprint density at radius 2 is 1.87 bits per heavy atom. The Kier molecular flexibility index (Phi) is 3.88. The van der Waals surface area contributed by atoms with E-state index in [0.717, 1.165) is 56.3 Å². The fourth-order valence-electron chi connectivity index (χ4n) is 7.13. The summed E-state index contributed by atoms with van der Waals surface area (Å²) in [4.78, 5) is 12.4. The summed E-state index contributed by atoms with van der Waals surface area (Å²) < 4.78 is 5.27. The van der Waals surface area contributed by atoms with Crippen LogP contribution in [0.15, 0.2) is 0 Å². The highest BCUT2D eigenvalue weighted by atomic mass is 16.5. The number of Topliss-reactive ketones (excluding diaryl/α,β-unsaturated/α-hetero) is 1. The molecule has 130 valence electrons. The molecule has 3 heteroatoms. The minimum absolute atomic E-state index is 0.000538. The lowest BCUT2D eigenvalue weighted by atomic mass is 9.50. The molecule has 0 amide bonds. The molecule has 0 heterocycles. The molecule has 4 aliphatic rings. The lowest BCUT2D eigenvalue weighted by Crippen LogP contribution is -2.52. The second-order valence-corrected chi connectivity index (χ2v) is 9.25. The van der Waals surface area contributed by atoms with Gasteiger partial charge in [0.1, 0.15) is 5.78 Å². The molecule has 0 aromatic heterocycles. The zero-order valence-electron chi connectivity index (χ0n) is 14.7. The van der Waals surface area contributed by atoms with E-state index in [1.807, 2.05) is 0 Å². The van der Waals surface area contributed by atoms with Crippen molar-refractivity contribution >= 4 is 5.78 Å². The van der Waals surface area contributed by atoms with Crippen LogP contribution in [0.4, 0.5) is 0 Å². The number of carbonyl (C=O) groups excluding carboxylic acids is 1. The zero-order valence-corrected chi connectivity index (χ0v) is 14.7. The SMILES string of the molecule is COC[C@@]1(O)CCC2[C@@H](CC[C@@H]3[C@@H]2CC[C@]2(C)C(=O)CC[C@@H]32)C1. The van der Waals surface area contributed by atoms with E-state index in [-0.39, 0.29) is 5.41 Å². The van der Waals surface area contributed by atoms with Crippen LogP contribution in [0.25, 0.3) is 0 Å². The zero-order chi connectivity index (χ0) is 16.2. The smallest absolute Gasteiger partial charge is 0.139 e. The minimum atomic E-state index is -0.588. The Balaban J connectivity index is 1.51. The maximum Gasteiger partial charge on any atom is 0.139 e. The summed E-state index contributed by atoms with van der Waals surface area (Å²) in [5.41, 5.74) is -0.589. The number of carbonyl (C=O) groups is 1. The lowest BCUT2D eigenvalue weighted by Gasteiger charge is -2.55. The van der Waals surface area contributed by atoms with E-state index in [2.05, 4.69) is 6.92 Å². The number of ketones is 1. The van der Waals surface area contributed by atoms with Gasteiger partial charge < -0.3 is 9.84 Å². The Morgan fingerprint density at radius 3 is 2.65 bits per heavy atom. The highest BCUT2D eigenvalue weighted by Gasteiger charge is 2.57. The van der Waals surface area contributed by atoms with Crippen molar-refractivity contribution in [1.29, 1.82) is 0 Å².